The molecule has 2 aromatic rings. The third-order valence-electron chi connectivity index (χ3n) is 4.23. The van der Waals surface area contributed by atoms with Gasteiger partial charge in [0.1, 0.15) is 17.2 Å². The summed E-state index contributed by atoms with van der Waals surface area (Å²) in [7, 11) is 1.59. The quantitative estimate of drug-likeness (QED) is 0.789. The van der Waals surface area contributed by atoms with Crippen LogP contribution in [0.25, 0.3) is 6.08 Å². The van der Waals surface area contributed by atoms with Crippen molar-refractivity contribution in [3.8, 4) is 5.75 Å². The molecule has 0 bridgehead atoms. The molecule has 0 aromatic heterocycles. The summed E-state index contributed by atoms with van der Waals surface area (Å²) in [5, 5.41) is 5.69. The number of amides is 2. The fourth-order valence-electron chi connectivity index (χ4n) is 2.87. The Labute approximate surface area is 155 Å². The molecule has 2 heterocycles. The van der Waals surface area contributed by atoms with Crippen molar-refractivity contribution in [3.05, 3.63) is 65.9 Å². The number of carbonyl (C=O) groups excluding carboxylic acids is 2. The van der Waals surface area contributed by atoms with E-state index in [0.29, 0.717) is 5.69 Å². The van der Waals surface area contributed by atoms with Crippen molar-refractivity contribution in [2.75, 3.05) is 12.0 Å². The number of hydrazone groups is 1. The molecule has 2 aliphatic rings. The number of methoxy groups -OCH3 is 1. The standard InChI is InChI=1S/C20H16N4O3/c1-13-19(26)23(15-6-4-3-5-7-15)20-21-18(25)17(24(20)22-13)12-14-8-10-16(27-2)11-9-14/h3-12H,1-2H3/b17-12+. The van der Waals surface area contributed by atoms with Crippen LogP contribution in [0, 0.1) is 0 Å². The SMILES string of the molecule is COc1ccc(/C=C2\C(=O)N=C3N2N=C(C)C(=O)N3c2ccccc2)cc1. The zero-order valence-electron chi connectivity index (χ0n) is 14.8. The summed E-state index contributed by atoms with van der Waals surface area (Å²) in [5.41, 5.74) is 1.97. The van der Waals surface area contributed by atoms with Crippen molar-refractivity contribution in [3.63, 3.8) is 0 Å². The number of fused-ring (bicyclic) bond motifs is 1. The number of para-hydroxylation sites is 1. The van der Waals surface area contributed by atoms with E-state index >= 15 is 0 Å². The minimum atomic E-state index is -0.451. The van der Waals surface area contributed by atoms with E-state index in [4.69, 9.17) is 4.74 Å². The van der Waals surface area contributed by atoms with Gasteiger partial charge in [0.05, 0.1) is 12.8 Å². The molecule has 0 spiro atoms. The second kappa shape index (κ2) is 6.53. The summed E-state index contributed by atoms with van der Waals surface area (Å²) in [4.78, 5) is 30.7. The zero-order chi connectivity index (χ0) is 19.0. The Morgan fingerprint density at radius 3 is 2.37 bits per heavy atom. The maximum absolute atomic E-state index is 12.7. The lowest BCUT2D eigenvalue weighted by Crippen LogP contribution is -2.50. The Bertz CT molecular complexity index is 1010. The molecule has 4 rings (SSSR count). The number of guanidine groups is 1. The number of anilines is 1. The minimum Gasteiger partial charge on any atom is -0.497 e. The van der Waals surface area contributed by atoms with Gasteiger partial charge in [0.25, 0.3) is 11.8 Å². The lowest BCUT2D eigenvalue weighted by molar-refractivity contribution is -0.114. The van der Waals surface area contributed by atoms with Gasteiger partial charge in [-0.2, -0.15) is 15.1 Å². The highest BCUT2D eigenvalue weighted by Crippen LogP contribution is 2.28. The smallest absolute Gasteiger partial charge is 0.299 e. The Morgan fingerprint density at radius 1 is 1.00 bits per heavy atom. The third-order valence-corrected chi connectivity index (χ3v) is 4.23. The summed E-state index contributed by atoms with van der Waals surface area (Å²) in [6.45, 7) is 1.61. The van der Waals surface area contributed by atoms with Gasteiger partial charge in [-0.05, 0) is 42.8 Å². The summed E-state index contributed by atoms with van der Waals surface area (Å²) in [6.07, 6.45) is 1.69. The van der Waals surface area contributed by atoms with Crippen molar-refractivity contribution < 1.29 is 14.3 Å². The van der Waals surface area contributed by atoms with Gasteiger partial charge >= 0.3 is 0 Å². The fraction of sp³-hybridized carbons (Fsp3) is 0.100. The van der Waals surface area contributed by atoms with Crippen LogP contribution in [0.2, 0.25) is 0 Å². The Morgan fingerprint density at radius 2 is 1.70 bits per heavy atom. The zero-order valence-corrected chi connectivity index (χ0v) is 14.8. The van der Waals surface area contributed by atoms with E-state index in [1.165, 1.54) is 9.91 Å². The molecule has 0 saturated heterocycles. The molecule has 2 amide bonds. The van der Waals surface area contributed by atoms with Crippen LogP contribution >= 0.6 is 0 Å². The van der Waals surface area contributed by atoms with Gasteiger partial charge in [-0.15, -0.1) is 0 Å². The summed E-state index contributed by atoms with van der Waals surface area (Å²) in [5.74, 6) is 0.142. The van der Waals surface area contributed by atoms with Crippen LogP contribution in [-0.2, 0) is 9.59 Å². The molecule has 7 heteroatoms. The molecule has 7 nitrogen and oxygen atoms in total. The molecule has 27 heavy (non-hydrogen) atoms. The first kappa shape index (κ1) is 16.7. The lowest BCUT2D eigenvalue weighted by atomic mass is 10.2. The average molecular weight is 360 g/mol. The molecular weight excluding hydrogens is 344 g/mol. The minimum absolute atomic E-state index is 0.182. The number of nitrogens with zero attached hydrogens (tertiary/aromatic N) is 4. The largest absolute Gasteiger partial charge is 0.497 e. The van der Waals surface area contributed by atoms with Gasteiger partial charge in [0, 0.05) is 0 Å². The van der Waals surface area contributed by atoms with E-state index in [2.05, 4.69) is 10.1 Å². The summed E-state index contributed by atoms with van der Waals surface area (Å²) in [6, 6.07) is 16.3. The van der Waals surface area contributed by atoms with Gasteiger partial charge in [0.2, 0.25) is 5.96 Å². The molecule has 2 aliphatic heterocycles. The summed E-state index contributed by atoms with van der Waals surface area (Å²) < 4.78 is 5.15. The number of ether oxygens (including phenoxy) is 1. The van der Waals surface area contributed by atoms with Crippen LogP contribution < -0.4 is 9.64 Å². The Balaban J connectivity index is 1.76. The highest BCUT2D eigenvalue weighted by atomic mass is 16.5. The van der Waals surface area contributed by atoms with Crippen molar-refractivity contribution in [2.24, 2.45) is 10.1 Å². The van der Waals surface area contributed by atoms with Crippen molar-refractivity contribution in [1.82, 2.24) is 5.01 Å². The van der Waals surface area contributed by atoms with Gasteiger partial charge in [0.15, 0.2) is 0 Å². The molecule has 134 valence electrons. The predicted octanol–water partition coefficient (Wildman–Crippen LogP) is 2.66. The van der Waals surface area contributed by atoms with Gasteiger partial charge in [-0.3, -0.25) is 9.59 Å². The maximum atomic E-state index is 12.7. The van der Waals surface area contributed by atoms with Crippen molar-refractivity contribution in [1.29, 1.82) is 0 Å². The third kappa shape index (κ3) is 2.89. The van der Waals surface area contributed by atoms with Crippen LogP contribution in [-0.4, -0.2) is 35.6 Å². The van der Waals surface area contributed by atoms with E-state index in [1.54, 1.807) is 44.4 Å². The van der Waals surface area contributed by atoms with Crippen molar-refractivity contribution in [2.45, 2.75) is 6.92 Å². The first-order valence-electron chi connectivity index (χ1n) is 8.32. The Kier molecular flexibility index (Phi) is 4.04. The number of aliphatic imine (C=N–C) groups is 1. The first-order chi connectivity index (χ1) is 13.1. The van der Waals surface area contributed by atoms with Crippen LogP contribution in [0.3, 0.4) is 0 Å². The van der Waals surface area contributed by atoms with Crippen LogP contribution in [0.5, 0.6) is 5.75 Å². The molecule has 0 unspecified atom stereocenters. The highest BCUT2D eigenvalue weighted by Gasteiger charge is 2.41. The number of hydrogen-bond donors (Lipinski definition) is 0. The average Bonchev–Trinajstić information content (AvgIpc) is 2.99. The normalized spacial score (nSPS) is 17.8. The predicted molar refractivity (Wildman–Crippen MR) is 102 cm³/mol. The molecule has 0 radical (unpaired) electrons. The van der Waals surface area contributed by atoms with E-state index in [-0.39, 0.29) is 23.3 Å². The second-order valence-corrected chi connectivity index (χ2v) is 5.99. The first-order valence-corrected chi connectivity index (χ1v) is 8.32. The monoisotopic (exact) mass is 360 g/mol. The molecular formula is C20H16N4O3. The van der Waals surface area contributed by atoms with E-state index in [0.717, 1.165) is 11.3 Å². The molecule has 0 aliphatic carbocycles. The number of rotatable bonds is 3. The van der Waals surface area contributed by atoms with Crippen LogP contribution in [0.4, 0.5) is 5.69 Å². The van der Waals surface area contributed by atoms with E-state index in [9.17, 15) is 9.59 Å². The Hall–Kier alpha value is -3.74. The van der Waals surface area contributed by atoms with E-state index in [1.807, 2.05) is 30.3 Å². The summed E-state index contributed by atoms with van der Waals surface area (Å²) >= 11 is 0. The molecule has 0 saturated carbocycles. The molecule has 2 aromatic carbocycles. The van der Waals surface area contributed by atoms with Gasteiger partial charge in [-0.1, -0.05) is 30.3 Å². The lowest BCUT2D eigenvalue weighted by Gasteiger charge is -2.30. The molecule has 0 atom stereocenters. The maximum Gasteiger partial charge on any atom is 0.299 e. The van der Waals surface area contributed by atoms with Gasteiger partial charge in [-0.25, -0.2) is 4.90 Å². The van der Waals surface area contributed by atoms with Gasteiger partial charge < -0.3 is 4.74 Å². The molecule has 0 fully saturated rings. The number of benzene rings is 2. The van der Waals surface area contributed by atoms with E-state index < -0.39 is 5.91 Å². The van der Waals surface area contributed by atoms with Crippen molar-refractivity contribution >= 4 is 35.2 Å². The van der Waals surface area contributed by atoms with Crippen LogP contribution in [0.1, 0.15) is 12.5 Å². The fourth-order valence-corrected chi connectivity index (χ4v) is 2.87. The second-order valence-electron chi connectivity index (χ2n) is 5.99. The molecule has 0 N–H and O–H groups in total. The number of carbonyl (C=O) groups is 2. The van der Waals surface area contributed by atoms with Crippen LogP contribution in [0.15, 0.2) is 70.4 Å². The highest BCUT2D eigenvalue weighted by molar-refractivity contribution is 6.50. The number of hydrogen-bond acceptors (Lipinski definition) is 5. The topological polar surface area (TPSA) is 74.6 Å².